The fourth-order valence-corrected chi connectivity index (χ4v) is 2.07. The Morgan fingerprint density at radius 2 is 1.90 bits per heavy atom. The lowest BCUT2D eigenvalue weighted by atomic mass is 10.1. The number of hydrogen-bond acceptors (Lipinski definition) is 1. The molecule has 1 radical (unpaired) electrons. The topological polar surface area (TPSA) is 0 Å². The molecule has 1 heteroatoms. The van der Waals surface area contributed by atoms with Crippen LogP contribution in [0.1, 0.15) is 11.1 Å². The Morgan fingerprint density at radius 3 is 2.70 bits per heavy atom. The lowest BCUT2D eigenvalue weighted by Gasteiger charge is -2.13. The van der Waals surface area contributed by atoms with Crippen molar-refractivity contribution in [2.24, 2.45) is 0 Å². The van der Waals surface area contributed by atoms with Crippen LogP contribution in [0.4, 0.5) is 0 Å². The van der Waals surface area contributed by atoms with E-state index in [-0.39, 0.29) is 0 Å². The molecular weight excluding hydrogens is 140 g/mol. The van der Waals surface area contributed by atoms with Crippen molar-refractivity contribution >= 4 is 11.8 Å². The van der Waals surface area contributed by atoms with Crippen LogP contribution in [-0.2, 0) is 12.2 Å². The van der Waals surface area contributed by atoms with E-state index in [9.17, 15) is 0 Å². The predicted octanol–water partition coefficient (Wildman–Crippen LogP) is 2.64. The van der Waals surface area contributed by atoms with Gasteiger partial charge in [0.2, 0.25) is 0 Å². The first-order valence-electron chi connectivity index (χ1n) is 3.47. The Balaban J connectivity index is 2.41. The average Bonchev–Trinajstić information content (AvgIpc) is 2.05. The highest BCUT2D eigenvalue weighted by atomic mass is 32.2. The van der Waals surface area contributed by atoms with Gasteiger partial charge in [-0.05, 0) is 17.5 Å². The van der Waals surface area contributed by atoms with Gasteiger partial charge in [0, 0.05) is 11.5 Å². The monoisotopic (exact) mass is 149 g/mol. The van der Waals surface area contributed by atoms with E-state index in [1.165, 1.54) is 11.1 Å². The summed E-state index contributed by atoms with van der Waals surface area (Å²) in [6.07, 6.45) is 1.14. The summed E-state index contributed by atoms with van der Waals surface area (Å²) in [5.41, 5.74) is 3.01. The summed E-state index contributed by atoms with van der Waals surface area (Å²) >= 11 is 1.91. The second-order valence-electron chi connectivity index (χ2n) is 2.45. The minimum Gasteiger partial charge on any atom is -0.152 e. The first-order valence-corrected chi connectivity index (χ1v) is 4.52. The van der Waals surface area contributed by atoms with Crippen LogP contribution in [0.2, 0.25) is 0 Å². The molecule has 1 aliphatic rings. The van der Waals surface area contributed by atoms with Crippen molar-refractivity contribution < 1.29 is 0 Å². The molecule has 0 spiro atoms. The van der Waals surface area contributed by atoms with E-state index in [1.807, 2.05) is 11.8 Å². The zero-order valence-electron chi connectivity index (χ0n) is 5.71. The lowest BCUT2D eigenvalue weighted by molar-refractivity contribution is 1.15. The third-order valence-corrected chi connectivity index (χ3v) is 2.66. The summed E-state index contributed by atoms with van der Waals surface area (Å²) in [6, 6.07) is 8.66. The highest BCUT2D eigenvalue weighted by molar-refractivity contribution is 8.00. The summed E-state index contributed by atoms with van der Waals surface area (Å²) in [5.74, 6) is 3.44. The molecule has 51 valence electrons. The molecule has 0 amide bonds. The highest BCUT2D eigenvalue weighted by Crippen LogP contribution is 2.26. The zero-order chi connectivity index (χ0) is 6.81. The Bertz CT molecular complexity index is 205. The minimum atomic E-state index is 1.14. The van der Waals surface area contributed by atoms with Crippen LogP contribution in [0.25, 0.3) is 0 Å². The average molecular weight is 149 g/mol. The van der Waals surface area contributed by atoms with E-state index in [0.717, 1.165) is 12.2 Å². The van der Waals surface area contributed by atoms with Crippen LogP contribution >= 0.6 is 11.8 Å². The molecule has 0 nitrogen and oxygen atoms in total. The SMILES string of the molecule is [CH]1Cc2ccccc2CS1. The Hall–Kier alpha value is -0.430. The van der Waals surface area contributed by atoms with Crippen LogP contribution in [0.5, 0.6) is 0 Å². The van der Waals surface area contributed by atoms with E-state index >= 15 is 0 Å². The van der Waals surface area contributed by atoms with Gasteiger partial charge in [-0.25, -0.2) is 0 Å². The third-order valence-electron chi connectivity index (χ3n) is 1.78. The minimum absolute atomic E-state index is 1.14. The van der Waals surface area contributed by atoms with Gasteiger partial charge in [0.1, 0.15) is 0 Å². The van der Waals surface area contributed by atoms with Crippen LogP contribution in [0, 0.1) is 5.75 Å². The normalized spacial score (nSPS) is 16.4. The van der Waals surface area contributed by atoms with E-state index in [4.69, 9.17) is 0 Å². The number of hydrogen-bond donors (Lipinski definition) is 0. The Morgan fingerprint density at radius 1 is 1.10 bits per heavy atom. The summed E-state index contributed by atoms with van der Waals surface area (Å²) < 4.78 is 0. The number of fused-ring (bicyclic) bond motifs is 1. The largest absolute Gasteiger partial charge is 0.152 e. The van der Waals surface area contributed by atoms with Gasteiger partial charge in [-0.1, -0.05) is 24.3 Å². The molecule has 0 aromatic heterocycles. The van der Waals surface area contributed by atoms with Crippen molar-refractivity contribution in [1.29, 1.82) is 0 Å². The van der Waals surface area contributed by atoms with E-state index < -0.39 is 0 Å². The van der Waals surface area contributed by atoms with Gasteiger partial charge < -0.3 is 0 Å². The second kappa shape index (κ2) is 2.67. The van der Waals surface area contributed by atoms with Crippen LogP contribution in [0.3, 0.4) is 0 Å². The van der Waals surface area contributed by atoms with Crippen LogP contribution in [0.15, 0.2) is 24.3 Å². The van der Waals surface area contributed by atoms with Crippen molar-refractivity contribution in [3.05, 3.63) is 41.1 Å². The highest BCUT2D eigenvalue weighted by Gasteiger charge is 2.06. The molecule has 0 bridgehead atoms. The fraction of sp³-hybridized carbons (Fsp3) is 0.222. The quantitative estimate of drug-likeness (QED) is 0.546. The molecule has 0 saturated heterocycles. The van der Waals surface area contributed by atoms with E-state index in [0.29, 0.717) is 0 Å². The van der Waals surface area contributed by atoms with Gasteiger partial charge in [0.05, 0.1) is 0 Å². The van der Waals surface area contributed by atoms with Crippen molar-refractivity contribution in [3.63, 3.8) is 0 Å². The number of benzene rings is 1. The molecule has 1 aromatic carbocycles. The van der Waals surface area contributed by atoms with Gasteiger partial charge in [0.25, 0.3) is 0 Å². The van der Waals surface area contributed by atoms with Gasteiger partial charge >= 0.3 is 0 Å². The molecule has 1 heterocycles. The molecule has 0 N–H and O–H groups in total. The molecule has 0 atom stereocenters. The standard InChI is InChI=1S/C9H9S/c1-2-4-9-7-10-6-5-8(9)3-1/h1-4,6H,5,7H2. The van der Waals surface area contributed by atoms with Crippen molar-refractivity contribution in [3.8, 4) is 0 Å². The fourth-order valence-electron chi connectivity index (χ4n) is 1.19. The van der Waals surface area contributed by atoms with Gasteiger partial charge in [0.15, 0.2) is 0 Å². The molecule has 0 saturated carbocycles. The summed E-state index contributed by atoms with van der Waals surface area (Å²) in [7, 11) is 0. The van der Waals surface area contributed by atoms with Crippen LogP contribution < -0.4 is 0 Å². The maximum absolute atomic E-state index is 2.28. The smallest absolute Gasteiger partial charge is 0.0213 e. The molecule has 2 rings (SSSR count). The Labute approximate surface area is 65.6 Å². The summed E-state index contributed by atoms with van der Waals surface area (Å²) in [6.45, 7) is 0. The van der Waals surface area contributed by atoms with Crippen molar-refractivity contribution in [1.82, 2.24) is 0 Å². The van der Waals surface area contributed by atoms with Crippen LogP contribution in [-0.4, -0.2) is 0 Å². The van der Waals surface area contributed by atoms with Gasteiger partial charge in [-0.3, -0.25) is 0 Å². The van der Waals surface area contributed by atoms with Gasteiger partial charge in [-0.2, -0.15) is 11.8 Å². The maximum atomic E-state index is 2.28. The number of thioether (sulfide) groups is 1. The predicted molar refractivity (Wildman–Crippen MR) is 45.7 cm³/mol. The summed E-state index contributed by atoms with van der Waals surface area (Å²) in [4.78, 5) is 0. The molecule has 0 aliphatic carbocycles. The first kappa shape index (κ1) is 6.29. The molecule has 10 heavy (non-hydrogen) atoms. The second-order valence-corrected chi connectivity index (χ2v) is 3.41. The van der Waals surface area contributed by atoms with E-state index in [1.54, 1.807) is 0 Å². The number of rotatable bonds is 0. The Kier molecular flexibility index (Phi) is 1.68. The molecule has 0 fully saturated rings. The zero-order valence-corrected chi connectivity index (χ0v) is 6.53. The van der Waals surface area contributed by atoms with Gasteiger partial charge in [-0.15, -0.1) is 0 Å². The maximum Gasteiger partial charge on any atom is 0.0213 e. The van der Waals surface area contributed by atoms with Crippen molar-refractivity contribution in [2.45, 2.75) is 12.2 Å². The molecular formula is C9H9S. The van der Waals surface area contributed by atoms with E-state index in [2.05, 4.69) is 30.0 Å². The molecule has 1 aromatic rings. The molecule has 0 unspecified atom stereocenters. The lowest BCUT2D eigenvalue weighted by Crippen LogP contribution is -1.96. The first-order chi connectivity index (χ1) is 4.97. The summed E-state index contributed by atoms with van der Waals surface area (Å²) in [5, 5.41) is 0. The third kappa shape index (κ3) is 1.06. The molecule has 1 aliphatic heterocycles. The van der Waals surface area contributed by atoms with Crippen molar-refractivity contribution in [2.75, 3.05) is 0 Å².